The van der Waals surface area contributed by atoms with Crippen LogP contribution in [-0.4, -0.2) is 29.3 Å². The average Bonchev–Trinajstić information content (AvgIpc) is 2.52. The zero-order valence-electron chi connectivity index (χ0n) is 9.93. The van der Waals surface area contributed by atoms with Gasteiger partial charge in [-0.3, -0.25) is 9.13 Å². The highest BCUT2D eigenvalue weighted by Crippen LogP contribution is 2.23. The van der Waals surface area contributed by atoms with Gasteiger partial charge in [0.2, 0.25) is 0 Å². The summed E-state index contributed by atoms with van der Waals surface area (Å²) >= 11 is 0. The lowest BCUT2D eigenvalue weighted by Gasteiger charge is -2.28. The molecular formula is C12H15N3O2. The zero-order chi connectivity index (χ0) is 12.0. The van der Waals surface area contributed by atoms with E-state index in [2.05, 4.69) is 5.32 Å². The van der Waals surface area contributed by atoms with Crippen molar-refractivity contribution in [1.82, 2.24) is 14.5 Å². The number of benzene rings is 1. The second-order valence-electron chi connectivity index (χ2n) is 4.38. The SMILES string of the molecule is COc1ccc2c(c1)n(C)c(=O)n2C1CNC1. The Bertz CT molecular complexity index is 622. The maximum atomic E-state index is 12.2. The largest absolute Gasteiger partial charge is 0.497 e. The summed E-state index contributed by atoms with van der Waals surface area (Å²) in [7, 11) is 3.43. The Kier molecular flexibility index (Phi) is 2.22. The van der Waals surface area contributed by atoms with Crippen LogP contribution in [0, 0.1) is 0 Å². The van der Waals surface area contributed by atoms with Gasteiger partial charge in [0, 0.05) is 26.2 Å². The Morgan fingerprint density at radius 2 is 2.12 bits per heavy atom. The normalized spacial score (nSPS) is 16.1. The number of fused-ring (bicyclic) bond motifs is 1. The van der Waals surface area contributed by atoms with Crippen molar-refractivity contribution >= 4 is 11.0 Å². The Labute approximate surface area is 98.6 Å². The van der Waals surface area contributed by atoms with Gasteiger partial charge in [-0.2, -0.15) is 0 Å². The lowest BCUT2D eigenvalue weighted by molar-refractivity contribution is 0.341. The summed E-state index contributed by atoms with van der Waals surface area (Å²) in [5.41, 5.74) is 1.94. The molecule has 2 aromatic rings. The number of hydrogen-bond donors (Lipinski definition) is 1. The summed E-state index contributed by atoms with van der Waals surface area (Å²) in [5, 5.41) is 3.19. The maximum Gasteiger partial charge on any atom is 0.329 e. The van der Waals surface area contributed by atoms with Gasteiger partial charge in [0.15, 0.2) is 0 Å². The molecule has 1 saturated heterocycles. The van der Waals surface area contributed by atoms with Gasteiger partial charge in [-0.05, 0) is 12.1 Å². The molecule has 2 heterocycles. The predicted molar refractivity (Wildman–Crippen MR) is 65.6 cm³/mol. The standard InChI is InChI=1S/C12H15N3O2/c1-14-11-5-9(17-2)3-4-10(11)15(12(14)16)8-6-13-7-8/h3-5,8,13H,6-7H2,1-2H3. The van der Waals surface area contributed by atoms with Gasteiger partial charge in [0.25, 0.3) is 0 Å². The summed E-state index contributed by atoms with van der Waals surface area (Å²) in [6.07, 6.45) is 0. The molecule has 0 atom stereocenters. The van der Waals surface area contributed by atoms with Crippen molar-refractivity contribution in [2.75, 3.05) is 20.2 Å². The van der Waals surface area contributed by atoms with E-state index in [9.17, 15) is 4.79 Å². The van der Waals surface area contributed by atoms with Crippen LogP contribution in [0.3, 0.4) is 0 Å². The molecule has 0 aliphatic carbocycles. The maximum absolute atomic E-state index is 12.2. The molecule has 0 spiro atoms. The lowest BCUT2D eigenvalue weighted by Crippen LogP contribution is -2.46. The zero-order valence-corrected chi connectivity index (χ0v) is 9.93. The number of ether oxygens (including phenoxy) is 1. The second kappa shape index (κ2) is 3.63. The van der Waals surface area contributed by atoms with Crippen LogP contribution in [0.25, 0.3) is 11.0 Å². The molecular weight excluding hydrogens is 218 g/mol. The summed E-state index contributed by atoms with van der Waals surface area (Å²) in [6, 6.07) is 6.03. The van der Waals surface area contributed by atoms with E-state index in [0.29, 0.717) is 0 Å². The van der Waals surface area contributed by atoms with Gasteiger partial charge in [-0.15, -0.1) is 0 Å². The molecule has 0 saturated carbocycles. The summed E-state index contributed by atoms with van der Waals surface area (Å²) < 4.78 is 8.73. The second-order valence-corrected chi connectivity index (χ2v) is 4.38. The van der Waals surface area contributed by atoms with Crippen molar-refractivity contribution < 1.29 is 4.74 Å². The number of aromatic nitrogens is 2. The number of rotatable bonds is 2. The summed E-state index contributed by atoms with van der Waals surface area (Å²) in [6.45, 7) is 1.73. The highest BCUT2D eigenvalue weighted by atomic mass is 16.5. The molecule has 1 fully saturated rings. The minimum atomic E-state index is 0.0414. The van der Waals surface area contributed by atoms with E-state index in [1.54, 1.807) is 18.7 Å². The molecule has 1 aliphatic heterocycles. The molecule has 1 aliphatic rings. The summed E-state index contributed by atoms with van der Waals surface area (Å²) in [4.78, 5) is 12.2. The molecule has 1 aromatic carbocycles. The van der Waals surface area contributed by atoms with Crippen molar-refractivity contribution in [1.29, 1.82) is 0 Å². The van der Waals surface area contributed by atoms with Gasteiger partial charge >= 0.3 is 5.69 Å². The lowest BCUT2D eigenvalue weighted by atomic mass is 10.1. The van der Waals surface area contributed by atoms with Crippen LogP contribution in [0.15, 0.2) is 23.0 Å². The van der Waals surface area contributed by atoms with Gasteiger partial charge in [0.05, 0.1) is 24.2 Å². The number of imidazole rings is 1. The number of hydrogen-bond acceptors (Lipinski definition) is 3. The molecule has 0 amide bonds. The molecule has 0 radical (unpaired) electrons. The molecule has 5 nitrogen and oxygen atoms in total. The van der Waals surface area contributed by atoms with E-state index in [4.69, 9.17) is 4.74 Å². The fourth-order valence-corrected chi connectivity index (χ4v) is 2.28. The quantitative estimate of drug-likeness (QED) is 0.821. The van der Waals surface area contributed by atoms with Crippen LogP contribution < -0.4 is 15.7 Å². The summed E-state index contributed by atoms with van der Waals surface area (Å²) in [5.74, 6) is 0.775. The molecule has 1 aromatic heterocycles. The third kappa shape index (κ3) is 1.39. The Hall–Kier alpha value is -1.75. The van der Waals surface area contributed by atoms with Crippen LogP contribution in [-0.2, 0) is 7.05 Å². The van der Waals surface area contributed by atoms with Crippen molar-refractivity contribution in [3.8, 4) is 5.75 Å². The van der Waals surface area contributed by atoms with E-state index in [1.165, 1.54) is 0 Å². The van der Waals surface area contributed by atoms with E-state index in [0.717, 1.165) is 29.9 Å². The minimum Gasteiger partial charge on any atom is -0.497 e. The predicted octanol–water partition coefficient (Wildman–Crippen LogP) is 0.493. The monoisotopic (exact) mass is 233 g/mol. The first-order valence-electron chi connectivity index (χ1n) is 5.68. The van der Waals surface area contributed by atoms with Crippen molar-refractivity contribution in [2.24, 2.45) is 7.05 Å². The molecule has 0 unspecified atom stereocenters. The average molecular weight is 233 g/mol. The highest BCUT2D eigenvalue weighted by Gasteiger charge is 2.24. The number of aryl methyl sites for hydroxylation is 1. The molecule has 5 heteroatoms. The Morgan fingerprint density at radius 1 is 1.35 bits per heavy atom. The first kappa shape index (κ1) is 10.4. The van der Waals surface area contributed by atoms with Crippen molar-refractivity contribution in [2.45, 2.75) is 6.04 Å². The smallest absolute Gasteiger partial charge is 0.329 e. The Balaban J connectivity index is 2.28. The van der Waals surface area contributed by atoms with Gasteiger partial charge in [0.1, 0.15) is 5.75 Å². The minimum absolute atomic E-state index is 0.0414. The van der Waals surface area contributed by atoms with Crippen molar-refractivity contribution in [3.05, 3.63) is 28.7 Å². The van der Waals surface area contributed by atoms with Crippen LogP contribution in [0.2, 0.25) is 0 Å². The van der Waals surface area contributed by atoms with Crippen LogP contribution >= 0.6 is 0 Å². The number of nitrogens with zero attached hydrogens (tertiary/aromatic N) is 2. The van der Waals surface area contributed by atoms with Gasteiger partial charge in [-0.1, -0.05) is 0 Å². The van der Waals surface area contributed by atoms with Gasteiger partial charge < -0.3 is 10.1 Å². The first-order chi connectivity index (χ1) is 8.22. The molecule has 90 valence electrons. The van der Waals surface area contributed by atoms with Crippen molar-refractivity contribution in [3.63, 3.8) is 0 Å². The van der Waals surface area contributed by atoms with Crippen LogP contribution in [0.1, 0.15) is 6.04 Å². The van der Waals surface area contributed by atoms with E-state index < -0.39 is 0 Å². The fraction of sp³-hybridized carbons (Fsp3) is 0.417. The van der Waals surface area contributed by atoms with E-state index in [1.807, 2.05) is 22.8 Å². The molecule has 17 heavy (non-hydrogen) atoms. The third-order valence-electron chi connectivity index (χ3n) is 3.42. The number of methoxy groups -OCH3 is 1. The fourth-order valence-electron chi connectivity index (χ4n) is 2.28. The molecule has 3 rings (SSSR count). The highest BCUT2D eigenvalue weighted by molar-refractivity contribution is 5.78. The molecule has 1 N–H and O–H groups in total. The van der Waals surface area contributed by atoms with Gasteiger partial charge in [-0.25, -0.2) is 4.79 Å². The Morgan fingerprint density at radius 3 is 2.71 bits per heavy atom. The van der Waals surface area contributed by atoms with Crippen LogP contribution in [0.5, 0.6) is 5.75 Å². The molecule has 0 bridgehead atoms. The van der Waals surface area contributed by atoms with E-state index >= 15 is 0 Å². The first-order valence-corrected chi connectivity index (χ1v) is 5.68. The topological polar surface area (TPSA) is 48.2 Å². The number of nitrogens with one attached hydrogen (secondary N) is 1. The third-order valence-corrected chi connectivity index (χ3v) is 3.42. The van der Waals surface area contributed by atoms with Crippen LogP contribution in [0.4, 0.5) is 0 Å². The van der Waals surface area contributed by atoms with E-state index in [-0.39, 0.29) is 11.7 Å².